The molecule has 0 aromatic carbocycles. The maximum absolute atomic E-state index is 12.7. The normalized spacial score (nSPS) is 30.8. The Balaban J connectivity index is 1.84. The van der Waals surface area contributed by atoms with Crippen LogP contribution >= 0.6 is 0 Å². The summed E-state index contributed by atoms with van der Waals surface area (Å²) in [7, 11) is 0. The van der Waals surface area contributed by atoms with Crippen molar-refractivity contribution in [3.05, 3.63) is 0 Å². The summed E-state index contributed by atoms with van der Waals surface area (Å²) in [6, 6.07) is -0.680. The second-order valence-electron chi connectivity index (χ2n) is 6.55. The Labute approximate surface area is 134 Å². The summed E-state index contributed by atoms with van der Waals surface area (Å²) in [6.07, 6.45) is -3.43. The first-order chi connectivity index (χ1) is 10.8. The summed E-state index contributed by atoms with van der Waals surface area (Å²) in [5, 5.41) is 12.4. The minimum absolute atomic E-state index is 0.0641. The molecule has 1 saturated heterocycles. The predicted molar refractivity (Wildman–Crippen MR) is 77.9 cm³/mol. The van der Waals surface area contributed by atoms with Crippen LogP contribution in [-0.4, -0.2) is 60.2 Å². The molecular weight excluding hydrogens is 313 g/mol. The van der Waals surface area contributed by atoms with Gasteiger partial charge < -0.3 is 20.1 Å². The number of alkyl halides is 3. The van der Waals surface area contributed by atoms with Gasteiger partial charge in [-0.05, 0) is 39.0 Å². The van der Waals surface area contributed by atoms with E-state index in [0.717, 1.165) is 0 Å². The molecule has 2 rings (SSSR count). The molecule has 0 bridgehead atoms. The summed E-state index contributed by atoms with van der Waals surface area (Å²) in [5.74, 6) is -1.25. The first-order valence-electron chi connectivity index (χ1n) is 8.17. The molecule has 2 atom stereocenters. The van der Waals surface area contributed by atoms with Crippen molar-refractivity contribution in [3.8, 4) is 0 Å². The lowest BCUT2D eigenvalue weighted by Gasteiger charge is -2.38. The highest BCUT2D eigenvalue weighted by atomic mass is 19.4. The van der Waals surface area contributed by atoms with Crippen LogP contribution in [0.15, 0.2) is 0 Å². The highest BCUT2D eigenvalue weighted by Crippen LogP contribution is 2.37. The van der Waals surface area contributed by atoms with Crippen molar-refractivity contribution in [3.63, 3.8) is 0 Å². The molecule has 0 unspecified atom stereocenters. The van der Waals surface area contributed by atoms with E-state index in [2.05, 4.69) is 5.32 Å². The third kappa shape index (κ3) is 5.24. The van der Waals surface area contributed by atoms with Gasteiger partial charge in [-0.2, -0.15) is 13.2 Å². The highest BCUT2D eigenvalue weighted by Gasteiger charge is 2.42. The molecule has 23 heavy (non-hydrogen) atoms. The summed E-state index contributed by atoms with van der Waals surface area (Å²) in [4.78, 5) is 14.0. The number of carbonyl (C=O) groups excluding carboxylic acids is 1. The molecule has 1 heterocycles. The topological polar surface area (TPSA) is 61.8 Å². The maximum Gasteiger partial charge on any atom is 0.391 e. The van der Waals surface area contributed by atoms with Gasteiger partial charge in [-0.3, -0.25) is 0 Å². The first-order valence-corrected chi connectivity index (χ1v) is 8.17. The molecule has 2 amide bonds. The fraction of sp³-hybridized carbons (Fsp3) is 0.933. The number of aliphatic hydroxyl groups excluding tert-OH is 1. The van der Waals surface area contributed by atoms with Crippen LogP contribution in [0.25, 0.3) is 0 Å². The van der Waals surface area contributed by atoms with Gasteiger partial charge in [0.05, 0.1) is 31.3 Å². The van der Waals surface area contributed by atoms with Gasteiger partial charge in [0, 0.05) is 12.6 Å². The Morgan fingerprint density at radius 3 is 2.57 bits per heavy atom. The van der Waals surface area contributed by atoms with Crippen molar-refractivity contribution >= 4 is 6.03 Å². The zero-order valence-corrected chi connectivity index (χ0v) is 13.3. The quantitative estimate of drug-likeness (QED) is 0.830. The zero-order chi connectivity index (χ0) is 17.0. The molecule has 2 aliphatic rings. The summed E-state index contributed by atoms with van der Waals surface area (Å²) in [6.45, 7) is 2.90. The minimum Gasteiger partial charge on any atom is -0.393 e. The molecule has 0 radical (unpaired) electrons. The number of hydrogen-bond acceptors (Lipinski definition) is 3. The maximum atomic E-state index is 12.7. The van der Waals surface area contributed by atoms with Crippen LogP contribution in [0.3, 0.4) is 0 Å². The van der Waals surface area contributed by atoms with Crippen LogP contribution in [0.4, 0.5) is 18.0 Å². The van der Waals surface area contributed by atoms with Crippen LogP contribution in [0.1, 0.15) is 39.0 Å². The Morgan fingerprint density at radius 2 is 2.00 bits per heavy atom. The number of nitrogens with zero attached hydrogens (tertiary/aromatic N) is 1. The summed E-state index contributed by atoms with van der Waals surface area (Å²) >= 11 is 0. The average molecular weight is 338 g/mol. The predicted octanol–water partition coefficient (Wildman–Crippen LogP) is 2.29. The van der Waals surface area contributed by atoms with Gasteiger partial charge in [0.2, 0.25) is 0 Å². The number of carbonyl (C=O) groups is 1. The molecule has 0 aromatic heterocycles. The molecule has 2 fully saturated rings. The van der Waals surface area contributed by atoms with Crippen LogP contribution in [0.5, 0.6) is 0 Å². The van der Waals surface area contributed by atoms with Gasteiger partial charge in [0.15, 0.2) is 0 Å². The molecule has 1 aliphatic heterocycles. The van der Waals surface area contributed by atoms with E-state index in [1.807, 2.05) is 0 Å². The molecule has 0 spiro atoms. The fourth-order valence-electron chi connectivity index (χ4n) is 3.33. The number of urea groups is 1. The lowest BCUT2D eigenvalue weighted by Crippen LogP contribution is -2.55. The minimum atomic E-state index is -4.14. The van der Waals surface area contributed by atoms with E-state index in [1.54, 1.807) is 11.8 Å². The molecule has 8 heteroatoms. The number of ether oxygens (including phenoxy) is 1. The molecular formula is C15H25F3N2O3. The molecule has 5 nitrogen and oxygen atoms in total. The van der Waals surface area contributed by atoms with Crippen molar-refractivity contribution in [2.45, 2.75) is 63.4 Å². The van der Waals surface area contributed by atoms with Crippen LogP contribution in [-0.2, 0) is 4.74 Å². The number of amides is 2. The van der Waals surface area contributed by atoms with Gasteiger partial charge in [-0.1, -0.05) is 0 Å². The van der Waals surface area contributed by atoms with Crippen molar-refractivity contribution in [2.24, 2.45) is 5.92 Å². The van der Waals surface area contributed by atoms with Crippen molar-refractivity contribution in [1.82, 2.24) is 10.2 Å². The third-order valence-corrected chi connectivity index (χ3v) is 4.62. The third-order valence-electron chi connectivity index (χ3n) is 4.62. The van der Waals surface area contributed by atoms with E-state index < -0.39 is 18.2 Å². The standard InChI is InChI=1S/C15H25F3N2O3/c1-10(21)8-13-9-23-7-6-20(13)14(22)19-12-4-2-11(3-5-12)15(16,17)18/h10-13,21H,2-9H2,1H3,(H,19,22)/t10-,11?,12?,13+/m0/s1. The van der Waals surface area contributed by atoms with Crippen LogP contribution in [0, 0.1) is 5.92 Å². The van der Waals surface area contributed by atoms with Gasteiger partial charge >= 0.3 is 12.2 Å². The summed E-state index contributed by atoms with van der Waals surface area (Å²) in [5.41, 5.74) is 0. The van der Waals surface area contributed by atoms with E-state index in [0.29, 0.717) is 39.0 Å². The smallest absolute Gasteiger partial charge is 0.391 e. The van der Waals surface area contributed by atoms with Crippen molar-refractivity contribution < 1.29 is 27.8 Å². The second-order valence-corrected chi connectivity index (χ2v) is 6.55. The van der Waals surface area contributed by atoms with E-state index >= 15 is 0 Å². The SMILES string of the molecule is C[C@H](O)C[C@@H]1COCCN1C(=O)NC1CCC(C(F)(F)F)CC1. The van der Waals surface area contributed by atoms with Gasteiger partial charge in [0.25, 0.3) is 0 Å². The van der Waals surface area contributed by atoms with E-state index in [4.69, 9.17) is 4.74 Å². The highest BCUT2D eigenvalue weighted by molar-refractivity contribution is 5.75. The Bertz CT molecular complexity index is 396. The number of nitrogens with one attached hydrogen (secondary N) is 1. The molecule has 1 aliphatic carbocycles. The van der Waals surface area contributed by atoms with Gasteiger partial charge in [-0.15, -0.1) is 0 Å². The van der Waals surface area contributed by atoms with Crippen molar-refractivity contribution in [2.75, 3.05) is 19.8 Å². The Kier molecular flexibility index (Phi) is 6.13. The number of rotatable bonds is 3. The lowest BCUT2D eigenvalue weighted by molar-refractivity contribution is -0.182. The monoisotopic (exact) mass is 338 g/mol. The average Bonchev–Trinajstić information content (AvgIpc) is 2.46. The molecule has 0 aromatic rings. The lowest BCUT2D eigenvalue weighted by atomic mass is 9.85. The van der Waals surface area contributed by atoms with E-state index in [1.165, 1.54) is 0 Å². The van der Waals surface area contributed by atoms with Crippen LogP contribution in [0.2, 0.25) is 0 Å². The molecule has 134 valence electrons. The van der Waals surface area contributed by atoms with Gasteiger partial charge in [0.1, 0.15) is 0 Å². The number of hydrogen-bond donors (Lipinski definition) is 2. The van der Waals surface area contributed by atoms with E-state index in [-0.39, 0.29) is 31.0 Å². The summed E-state index contributed by atoms with van der Waals surface area (Å²) < 4.78 is 43.3. The zero-order valence-electron chi connectivity index (χ0n) is 13.3. The molecule has 1 saturated carbocycles. The fourth-order valence-corrected chi connectivity index (χ4v) is 3.33. The van der Waals surface area contributed by atoms with Crippen molar-refractivity contribution in [1.29, 1.82) is 0 Å². The van der Waals surface area contributed by atoms with Crippen LogP contribution < -0.4 is 5.32 Å². The van der Waals surface area contributed by atoms with E-state index in [9.17, 15) is 23.1 Å². The number of morpholine rings is 1. The van der Waals surface area contributed by atoms with Gasteiger partial charge in [-0.25, -0.2) is 4.79 Å². The first kappa shape index (κ1) is 18.3. The number of halogens is 3. The number of aliphatic hydroxyl groups is 1. The second kappa shape index (κ2) is 7.70. The largest absolute Gasteiger partial charge is 0.393 e. The molecule has 2 N–H and O–H groups in total. The Morgan fingerprint density at radius 1 is 1.35 bits per heavy atom. The Hall–Kier alpha value is -1.02.